The molecule has 76 valence electrons. The Bertz CT molecular complexity index is 167. The van der Waals surface area contributed by atoms with Gasteiger partial charge in [-0.1, -0.05) is 0 Å². The number of hydrogen-bond acceptors (Lipinski definition) is 5. The maximum absolute atomic E-state index is 9.80. The molecule has 0 radical (unpaired) electrons. The van der Waals surface area contributed by atoms with Crippen LogP contribution in [-0.2, 0) is 18.9 Å². The molecule has 0 spiro atoms. The largest absolute Gasteiger partial charge is 0.387 e. The minimum Gasteiger partial charge on any atom is -0.387 e. The van der Waals surface area contributed by atoms with Gasteiger partial charge in [0, 0.05) is 14.2 Å². The van der Waals surface area contributed by atoms with Gasteiger partial charge in [-0.05, 0) is 0 Å². The molecule has 0 saturated carbocycles. The van der Waals surface area contributed by atoms with Gasteiger partial charge < -0.3 is 24.1 Å². The second kappa shape index (κ2) is 3.51. The number of ether oxygens (including phenoxy) is 4. The van der Waals surface area contributed by atoms with Gasteiger partial charge in [0.15, 0.2) is 6.29 Å². The second-order valence-electron chi connectivity index (χ2n) is 3.27. The highest BCUT2D eigenvalue weighted by molar-refractivity contribution is 4.94. The third-order valence-electron chi connectivity index (χ3n) is 2.59. The SMILES string of the molecule is CO[C@@H]1[C@H](O)[C@@H](OC)[C@@H]2OC[C@H]1O2. The summed E-state index contributed by atoms with van der Waals surface area (Å²) < 4.78 is 21.0. The summed E-state index contributed by atoms with van der Waals surface area (Å²) in [4.78, 5) is 0. The summed E-state index contributed by atoms with van der Waals surface area (Å²) >= 11 is 0. The summed E-state index contributed by atoms with van der Waals surface area (Å²) in [7, 11) is 3.06. The first kappa shape index (κ1) is 9.36. The Morgan fingerprint density at radius 2 is 1.92 bits per heavy atom. The maximum atomic E-state index is 9.80. The molecule has 2 aliphatic heterocycles. The first-order valence-corrected chi connectivity index (χ1v) is 4.28. The Morgan fingerprint density at radius 1 is 1.23 bits per heavy atom. The number of hydrogen-bond donors (Lipinski definition) is 1. The molecule has 1 N–H and O–H groups in total. The molecule has 2 aliphatic rings. The summed E-state index contributed by atoms with van der Waals surface area (Å²) in [6.45, 7) is 0.458. The van der Waals surface area contributed by atoms with Crippen LogP contribution < -0.4 is 0 Å². The molecule has 13 heavy (non-hydrogen) atoms. The molecule has 0 unspecified atom stereocenters. The van der Waals surface area contributed by atoms with E-state index in [4.69, 9.17) is 18.9 Å². The molecule has 2 bridgehead atoms. The summed E-state index contributed by atoms with van der Waals surface area (Å²) in [5.41, 5.74) is 0. The fraction of sp³-hybridized carbons (Fsp3) is 1.00. The van der Waals surface area contributed by atoms with Crippen LogP contribution in [0.15, 0.2) is 0 Å². The molecule has 2 heterocycles. The minimum atomic E-state index is -0.679. The summed E-state index contributed by atoms with van der Waals surface area (Å²) in [6, 6.07) is 0. The highest BCUT2D eigenvalue weighted by atomic mass is 16.8. The van der Waals surface area contributed by atoms with Crippen LogP contribution in [0.3, 0.4) is 0 Å². The molecule has 0 amide bonds. The maximum Gasteiger partial charge on any atom is 0.187 e. The molecule has 0 aromatic carbocycles. The lowest BCUT2D eigenvalue weighted by molar-refractivity contribution is -0.240. The quantitative estimate of drug-likeness (QED) is 0.613. The van der Waals surface area contributed by atoms with Crippen molar-refractivity contribution in [1.29, 1.82) is 0 Å². The van der Waals surface area contributed by atoms with E-state index in [9.17, 15) is 5.11 Å². The average molecular weight is 190 g/mol. The molecule has 5 heteroatoms. The number of methoxy groups -OCH3 is 2. The fourth-order valence-electron chi connectivity index (χ4n) is 1.89. The highest BCUT2D eigenvalue weighted by Gasteiger charge is 2.50. The zero-order valence-corrected chi connectivity index (χ0v) is 7.67. The van der Waals surface area contributed by atoms with Gasteiger partial charge in [-0.3, -0.25) is 0 Å². The predicted octanol–water partition coefficient (Wildman–Crippen LogP) is -0.868. The zero-order chi connectivity index (χ0) is 9.42. The van der Waals surface area contributed by atoms with Crippen molar-refractivity contribution in [3.63, 3.8) is 0 Å². The smallest absolute Gasteiger partial charge is 0.187 e. The third kappa shape index (κ3) is 1.37. The van der Waals surface area contributed by atoms with Crippen LogP contribution in [-0.4, -0.2) is 56.6 Å². The van der Waals surface area contributed by atoms with Crippen molar-refractivity contribution in [3.8, 4) is 0 Å². The van der Waals surface area contributed by atoms with Gasteiger partial charge in [0.05, 0.1) is 6.61 Å². The molecule has 2 rings (SSSR count). The van der Waals surface area contributed by atoms with Crippen molar-refractivity contribution < 1.29 is 24.1 Å². The second-order valence-corrected chi connectivity index (χ2v) is 3.27. The van der Waals surface area contributed by atoms with Gasteiger partial charge in [-0.25, -0.2) is 0 Å². The van der Waals surface area contributed by atoms with E-state index < -0.39 is 18.5 Å². The minimum absolute atomic E-state index is 0.170. The van der Waals surface area contributed by atoms with Crippen molar-refractivity contribution >= 4 is 0 Å². The zero-order valence-electron chi connectivity index (χ0n) is 7.67. The van der Waals surface area contributed by atoms with Crippen LogP contribution >= 0.6 is 0 Å². The molecule has 5 atom stereocenters. The Morgan fingerprint density at radius 3 is 2.54 bits per heavy atom. The van der Waals surface area contributed by atoms with E-state index in [1.165, 1.54) is 7.11 Å². The van der Waals surface area contributed by atoms with Crippen LogP contribution in [0.25, 0.3) is 0 Å². The molecular weight excluding hydrogens is 176 g/mol. The van der Waals surface area contributed by atoms with Gasteiger partial charge in [0.25, 0.3) is 0 Å². The van der Waals surface area contributed by atoms with E-state index in [-0.39, 0.29) is 12.2 Å². The lowest BCUT2D eigenvalue weighted by Crippen LogP contribution is -2.55. The molecule has 0 aliphatic carbocycles. The van der Waals surface area contributed by atoms with Crippen LogP contribution in [0.4, 0.5) is 0 Å². The molecule has 2 saturated heterocycles. The van der Waals surface area contributed by atoms with Crippen molar-refractivity contribution in [2.45, 2.75) is 30.7 Å². The Balaban J connectivity index is 2.14. The Kier molecular flexibility index (Phi) is 2.53. The van der Waals surface area contributed by atoms with Crippen molar-refractivity contribution in [2.75, 3.05) is 20.8 Å². The van der Waals surface area contributed by atoms with E-state index in [1.54, 1.807) is 7.11 Å². The lowest BCUT2D eigenvalue weighted by Gasteiger charge is -2.36. The number of aliphatic hydroxyl groups is 1. The van der Waals surface area contributed by atoms with Gasteiger partial charge in [0.2, 0.25) is 0 Å². The summed E-state index contributed by atoms with van der Waals surface area (Å²) in [5, 5.41) is 9.80. The normalized spacial score (nSPS) is 49.6. The number of fused-ring (bicyclic) bond motifs is 2. The summed E-state index contributed by atoms with van der Waals surface area (Å²) in [6.07, 6.45) is -2.11. The topological polar surface area (TPSA) is 57.2 Å². The van der Waals surface area contributed by atoms with E-state index in [0.717, 1.165) is 0 Å². The standard InChI is InChI=1S/C8H14O5/c1-10-6-4-3-12-8(13-4)7(11-2)5(6)9/h4-9H,3H2,1-2H3/t4-,5+,6+,7-,8-/m1/s1. The first-order valence-electron chi connectivity index (χ1n) is 4.28. The van der Waals surface area contributed by atoms with Crippen LogP contribution in [0.1, 0.15) is 0 Å². The molecular formula is C8H14O5. The van der Waals surface area contributed by atoms with E-state index in [2.05, 4.69) is 0 Å². The summed E-state index contributed by atoms with van der Waals surface area (Å²) in [5.74, 6) is 0. The van der Waals surface area contributed by atoms with Crippen LogP contribution in [0, 0.1) is 0 Å². The van der Waals surface area contributed by atoms with Gasteiger partial charge in [0.1, 0.15) is 24.4 Å². The number of aliphatic hydroxyl groups excluding tert-OH is 1. The fourth-order valence-corrected chi connectivity index (χ4v) is 1.89. The lowest BCUT2D eigenvalue weighted by atomic mass is 10.0. The van der Waals surface area contributed by atoms with Gasteiger partial charge in [-0.15, -0.1) is 0 Å². The van der Waals surface area contributed by atoms with E-state index in [0.29, 0.717) is 6.61 Å². The molecule has 0 aromatic rings. The average Bonchev–Trinajstić information content (AvgIpc) is 2.52. The van der Waals surface area contributed by atoms with Crippen LogP contribution in [0.2, 0.25) is 0 Å². The van der Waals surface area contributed by atoms with Gasteiger partial charge in [-0.2, -0.15) is 0 Å². The Labute approximate surface area is 76.5 Å². The van der Waals surface area contributed by atoms with Crippen LogP contribution in [0.5, 0.6) is 0 Å². The van der Waals surface area contributed by atoms with Crippen molar-refractivity contribution in [2.24, 2.45) is 0 Å². The monoisotopic (exact) mass is 190 g/mol. The van der Waals surface area contributed by atoms with E-state index >= 15 is 0 Å². The molecule has 2 fully saturated rings. The predicted molar refractivity (Wildman–Crippen MR) is 42.2 cm³/mol. The number of rotatable bonds is 2. The third-order valence-corrected chi connectivity index (χ3v) is 2.59. The van der Waals surface area contributed by atoms with Crippen molar-refractivity contribution in [1.82, 2.24) is 0 Å². The molecule has 0 aromatic heterocycles. The van der Waals surface area contributed by atoms with Crippen molar-refractivity contribution in [3.05, 3.63) is 0 Å². The highest BCUT2D eigenvalue weighted by Crippen LogP contribution is 2.30. The molecule has 5 nitrogen and oxygen atoms in total. The Hall–Kier alpha value is -0.200. The van der Waals surface area contributed by atoms with E-state index in [1.807, 2.05) is 0 Å². The van der Waals surface area contributed by atoms with Gasteiger partial charge >= 0.3 is 0 Å². The first-order chi connectivity index (χ1) is 6.27.